The van der Waals surface area contributed by atoms with Crippen LogP contribution in [0.15, 0.2) is 30.5 Å². The topological polar surface area (TPSA) is 76.2 Å². The highest BCUT2D eigenvalue weighted by Crippen LogP contribution is 2.31. The van der Waals surface area contributed by atoms with Gasteiger partial charge in [0.15, 0.2) is 0 Å². The van der Waals surface area contributed by atoms with Crippen molar-refractivity contribution in [3.63, 3.8) is 0 Å². The quantitative estimate of drug-likeness (QED) is 0.886. The summed E-state index contributed by atoms with van der Waals surface area (Å²) in [5.41, 5.74) is 6.65. The molecule has 0 spiro atoms. The van der Waals surface area contributed by atoms with Crippen molar-refractivity contribution < 1.29 is 9.90 Å². The third kappa shape index (κ3) is 2.39. The van der Waals surface area contributed by atoms with Crippen LogP contribution in [0.25, 0.3) is 11.1 Å². The number of rotatable bonds is 2. The van der Waals surface area contributed by atoms with Crippen molar-refractivity contribution in [2.45, 2.75) is 0 Å². The first-order valence-corrected chi connectivity index (χ1v) is 5.69. The molecule has 0 saturated heterocycles. The summed E-state index contributed by atoms with van der Waals surface area (Å²) in [6.07, 6.45) is 1.47. The zero-order valence-electron chi connectivity index (χ0n) is 9.02. The SMILES string of the molecule is Nc1ncc(-c2ccc(Cl)cc2Cl)cc1C(=O)O. The molecule has 0 bridgehead atoms. The van der Waals surface area contributed by atoms with E-state index in [-0.39, 0.29) is 11.4 Å². The van der Waals surface area contributed by atoms with Crippen molar-refractivity contribution in [2.75, 3.05) is 5.73 Å². The Balaban J connectivity index is 2.58. The molecule has 2 rings (SSSR count). The van der Waals surface area contributed by atoms with Crippen LogP contribution in [0, 0.1) is 0 Å². The first-order chi connectivity index (χ1) is 8.49. The number of carbonyl (C=O) groups is 1. The van der Waals surface area contributed by atoms with Crippen LogP contribution in [0.5, 0.6) is 0 Å². The van der Waals surface area contributed by atoms with Gasteiger partial charge in [0.2, 0.25) is 0 Å². The van der Waals surface area contributed by atoms with Crippen LogP contribution in [0.4, 0.5) is 5.82 Å². The number of carboxylic acids is 1. The first-order valence-electron chi connectivity index (χ1n) is 4.93. The number of nitrogens with two attached hydrogens (primary N) is 1. The number of nitrogens with zero attached hydrogens (tertiary/aromatic N) is 1. The molecule has 1 heterocycles. The normalized spacial score (nSPS) is 10.3. The Kier molecular flexibility index (Phi) is 3.41. The molecule has 0 saturated carbocycles. The lowest BCUT2D eigenvalue weighted by molar-refractivity contribution is 0.0698. The molecule has 0 aliphatic heterocycles. The third-order valence-electron chi connectivity index (χ3n) is 2.39. The highest BCUT2D eigenvalue weighted by molar-refractivity contribution is 6.36. The van der Waals surface area contributed by atoms with Gasteiger partial charge in [-0.25, -0.2) is 9.78 Å². The third-order valence-corrected chi connectivity index (χ3v) is 2.94. The molecule has 1 aromatic heterocycles. The van der Waals surface area contributed by atoms with Gasteiger partial charge in [0.25, 0.3) is 0 Å². The predicted octanol–water partition coefficient (Wildman–Crippen LogP) is 3.34. The van der Waals surface area contributed by atoms with Gasteiger partial charge in [-0.05, 0) is 18.2 Å². The molecule has 0 fully saturated rings. The van der Waals surface area contributed by atoms with Crippen molar-refractivity contribution in [1.82, 2.24) is 4.98 Å². The summed E-state index contributed by atoms with van der Waals surface area (Å²) in [5, 5.41) is 9.90. The van der Waals surface area contributed by atoms with Gasteiger partial charge in [0, 0.05) is 27.4 Å². The van der Waals surface area contributed by atoms with Gasteiger partial charge in [-0.2, -0.15) is 0 Å². The van der Waals surface area contributed by atoms with Crippen molar-refractivity contribution in [1.29, 1.82) is 0 Å². The molecule has 0 amide bonds. The summed E-state index contributed by atoms with van der Waals surface area (Å²) in [5.74, 6) is -1.16. The van der Waals surface area contributed by atoms with Crippen molar-refractivity contribution in [3.8, 4) is 11.1 Å². The molecule has 0 unspecified atom stereocenters. The fourth-order valence-electron chi connectivity index (χ4n) is 1.52. The number of carboxylic acid groups (broad SMARTS) is 1. The molecule has 0 atom stereocenters. The average Bonchev–Trinajstić information content (AvgIpc) is 2.30. The summed E-state index contributed by atoms with van der Waals surface area (Å²) in [7, 11) is 0. The molecular weight excluding hydrogens is 275 g/mol. The van der Waals surface area contributed by atoms with E-state index in [0.717, 1.165) is 0 Å². The summed E-state index contributed by atoms with van der Waals surface area (Å²) >= 11 is 11.8. The highest BCUT2D eigenvalue weighted by Gasteiger charge is 2.12. The number of nitrogen functional groups attached to an aromatic ring is 1. The maximum absolute atomic E-state index is 11.0. The summed E-state index contributed by atoms with van der Waals surface area (Å²) < 4.78 is 0. The van der Waals surface area contributed by atoms with Gasteiger partial charge in [0.1, 0.15) is 11.4 Å². The zero-order valence-corrected chi connectivity index (χ0v) is 10.5. The Morgan fingerprint density at radius 1 is 1.28 bits per heavy atom. The molecule has 2 aromatic rings. The van der Waals surface area contributed by atoms with Gasteiger partial charge < -0.3 is 10.8 Å². The highest BCUT2D eigenvalue weighted by atomic mass is 35.5. The number of benzene rings is 1. The van der Waals surface area contributed by atoms with E-state index in [4.69, 9.17) is 34.0 Å². The monoisotopic (exact) mass is 282 g/mol. The average molecular weight is 283 g/mol. The molecule has 3 N–H and O–H groups in total. The van der Waals surface area contributed by atoms with Crippen LogP contribution in [0.2, 0.25) is 10.0 Å². The molecular formula is C12H8Cl2N2O2. The molecule has 92 valence electrons. The van der Waals surface area contributed by atoms with Gasteiger partial charge in [-0.3, -0.25) is 0 Å². The fourth-order valence-corrected chi connectivity index (χ4v) is 2.04. The van der Waals surface area contributed by atoms with E-state index in [1.165, 1.54) is 12.3 Å². The number of aromatic carboxylic acids is 1. The van der Waals surface area contributed by atoms with Crippen molar-refractivity contribution in [2.24, 2.45) is 0 Å². The van der Waals surface area contributed by atoms with Crippen LogP contribution >= 0.6 is 23.2 Å². The summed E-state index contributed by atoms with van der Waals surface area (Å²) in [6.45, 7) is 0. The minimum atomic E-state index is -1.13. The maximum atomic E-state index is 11.0. The fraction of sp³-hybridized carbons (Fsp3) is 0. The lowest BCUT2D eigenvalue weighted by Gasteiger charge is -2.07. The second kappa shape index (κ2) is 4.84. The van der Waals surface area contributed by atoms with E-state index in [0.29, 0.717) is 21.2 Å². The van der Waals surface area contributed by atoms with E-state index < -0.39 is 5.97 Å². The van der Waals surface area contributed by atoms with Crippen molar-refractivity contribution >= 4 is 35.0 Å². The van der Waals surface area contributed by atoms with Crippen LogP contribution in [-0.4, -0.2) is 16.1 Å². The van der Waals surface area contributed by atoms with E-state index in [2.05, 4.69) is 4.98 Å². The second-order valence-electron chi connectivity index (χ2n) is 3.59. The standard InChI is InChI=1S/C12H8Cl2N2O2/c13-7-1-2-8(10(14)4-7)6-3-9(12(17)18)11(15)16-5-6/h1-5H,(H2,15,16)(H,17,18). The minimum absolute atomic E-state index is 0.0312. The van der Waals surface area contributed by atoms with Gasteiger partial charge in [-0.1, -0.05) is 29.3 Å². The Morgan fingerprint density at radius 3 is 2.61 bits per heavy atom. The number of aromatic nitrogens is 1. The van der Waals surface area contributed by atoms with Crippen molar-refractivity contribution in [3.05, 3.63) is 46.1 Å². The van der Waals surface area contributed by atoms with Gasteiger partial charge in [-0.15, -0.1) is 0 Å². The molecule has 4 nitrogen and oxygen atoms in total. The predicted molar refractivity (Wildman–Crippen MR) is 71.1 cm³/mol. The van der Waals surface area contributed by atoms with Crippen LogP contribution < -0.4 is 5.73 Å². The lowest BCUT2D eigenvalue weighted by Crippen LogP contribution is -2.04. The molecule has 6 heteroatoms. The van der Waals surface area contributed by atoms with Crippen LogP contribution in [0.1, 0.15) is 10.4 Å². The molecule has 0 aliphatic carbocycles. The molecule has 0 radical (unpaired) electrons. The first kappa shape index (κ1) is 12.7. The molecule has 0 aliphatic rings. The number of anilines is 1. The Labute approximate surface area is 113 Å². The number of hydrogen-bond donors (Lipinski definition) is 2. The van der Waals surface area contributed by atoms with Crippen LogP contribution in [-0.2, 0) is 0 Å². The second-order valence-corrected chi connectivity index (χ2v) is 4.43. The largest absolute Gasteiger partial charge is 0.478 e. The van der Waals surface area contributed by atoms with Crippen LogP contribution in [0.3, 0.4) is 0 Å². The number of pyridine rings is 1. The maximum Gasteiger partial charge on any atom is 0.339 e. The van der Waals surface area contributed by atoms with E-state index in [1.54, 1.807) is 18.2 Å². The van der Waals surface area contributed by atoms with E-state index >= 15 is 0 Å². The summed E-state index contributed by atoms with van der Waals surface area (Å²) in [6, 6.07) is 6.37. The number of hydrogen-bond acceptors (Lipinski definition) is 3. The zero-order chi connectivity index (χ0) is 13.3. The Morgan fingerprint density at radius 2 is 2.00 bits per heavy atom. The Hall–Kier alpha value is -1.78. The molecule has 18 heavy (non-hydrogen) atoms. The van der Waals surface area contributed by atoms with E-state index in [1.807, 2.05) is 0 Å². The number of halogens is 2. The minimum Gasteiger partial charge on any atom is -0.478 e. The van der Waals surface area contributed by atoms with Gasteiger partial charge in [0.05, 0.1) is 0 Å². The lowest BCUT2D eigenvalue weighted by atomic mass is 10.1. The van der Waals surface area contributed by atoms with E-state index in [9.17, 15) is 4.79 Å². The molecule has 1 aromatic carbocycles. The smallest absolute Gasteiger partial charge is 0.339 e. The Bertz CT molecular complexity index is 629. The summed E-state index contributed by atoms with van der Waals surface area (Å²) in [4.78, 5) is 14.8. The van der Waals surface area contributed by atoms with Gasteiger partial charge >= 0.3 is 5.97 Å².